The van der Waals surface area contributed by atoms with Crippen LogP contribution in [0.5, 0.6) is 0 Å². The summed E-state index contributed by atoms with van der Waals surface area (Å²) in [7, 11) is 3.64. The van der Waals surface area contributed by atoms with E-state index in [0.29, 0.717) is 12.2 Å². The van der Waals surface area contributed by atoms with Gasteiger partial charge in [0, 0.05) is 17.1 Å². The van der Waals surface area contributed by atoms with Gasteiger partial charge in [0.25, 0.3) is 0 Å². The zero-order valence-electron chi connectivity index (χ0n) is 9.63. The molecule has 0 aromatic carbocycles. The van der Waals surface area contributed by atoms with Gasteiger partial charge >= 0.3 is 0 Å². The zero-order chi connectivity index (χ0) is 12.3. The molecule has 0 fully saturated rings. The summed E-state index contributed by atoms with van der Waals surface area (Å²) in [6, 6.07) is 3.92. The zero-order valence-corrected chi connectivity index (χ0v) is 11.2. The topological polar surface area (TPSA) is 68.5 Å². The maximum Gasteiger partial charge on any atom is 0.176 e. The average molecular weight is 297 g/mol. The van der Waals surface area contributed by atoms with E-state index in [0.717, 1.165) is 10.2 Å². The van der Waals surface area contributed by atoms with E-state index in [4.69, 9.17) is 0 Å². The molecule has 0 amide bonds. The van der Waals surface area contributed by atoms with E-state index in [2.05, 4.69) is 41.6 Å². The number of likely N-dealkylation sites (N-methyl/N-ethyl adjacent to an activating group) is 1. The fraction of sp³-hybridized carbons (Fsp3) is 0.400. The third-order valence-electron chi connectivity index (χ3n) is 2.40. The summed E-state index contributed by atoms with van der Waals surface area (Å²) in [6.07, 6.45) is 2.43. The molecule has 0 spiro atoms. The van der Waals surface area contributed by atoms with Gasteiger partial charge in [0.1, 0.15) is 0 Å². The minimum Gasteiger partial charge on any atom is -0.311 e. The van der Waals surface area contributed by atoms with Gasteiger partial charge < -0.3 is 5.32 Å². The fourth-order valence-corrected chi connectivity index (χ4v) is 2.11. The van der Waals surface area contributed by atoms with Gasteiger partial charge in [-0.05, 0) is 40.3 Å². The number of aryl methyl sites for hydroxylation is 1. The number of aromatic nitrogens is 5. The predicted molar refractivity (Wildman–Crippen MR) is 66.2 cm³/mol. The van der Waals surface area contributed by atoms with E-state index in [1.807, 2.05) is 19.2 Å². The Morgan fingerprint density at radius 2 is 2.35 bits per heavy atom. The van der Waals surface area contributed by atoms with Crippen LogP contribution in [0.4, 0.5) is 0 Å². The molecule has 0 aliphatic heterocycles. The molecule has 0 radical (unpaired) electrons. The lowest BCUT2D eigenvalue weighted by Gasteiger charge is -2.14. The van der Waals surface area contributed by atoms with Gasteiger partial charge in [0.15, 0.2) is 5.82 Å². The van der Waals surface area contributed by atoms with E-state index in [9.17, 15) is 0 Å². The third kappa shape index (κ3) is 2.86. The Morgan fingerprint density at radius 3 is 2.94 bits per heavy atom. The van der Waals surface area contributed by atoms with Crippen LogP contribution >= 0.6 is 15.9 Å². The van der Waals surface area contributed by atoms with Crippen molar-refractivity contribution in [3.8, 4) is 0 Å². The van der Waals surface area contributed by atoms with Crippen molar-refractivity contribution in [3.05, 3.63) is 34.3 Å². The quantitative estimate of drug-likeness (QED) is 0.907. The maximum atomic E-state index is 4.36. The second-order valence-electron chi connectivity index (χ2n) is 3.61. The minimum absolute atomic E-state index is 0.0646. The van der Waals surface area contributed by atoms with Gasteiger partial charge in [-0.3, -0.25) is 4.98 Å². The molecule has 2 aromatic rings. The highest BCUT2D eigenvalue weighted by atomic mass is 79.9. The Kier molecular flexibility index (Phi) is 3.80. The summed E-state index contributed by atoms with van der Waals surface area (Å²) >= 11 is 3.49. The molecular formula is C10H13BrN6. The number of pyridine rings is 1. The van der Waals surface area contributed by atoms with E-state index in [1.54, 1.807) is 13.2 Å². The summed E-state index contributed by atoms with van der Waals surface area (Å²) in [4.78, 5) is 5.81. The van der Waals surface area contributed by atoms with Crippen molar-refractivity contribution in [2.45, 2.75) is 12.5 Å². The Hall–Kier alpha value is -1.34. The van der Waals surface area contributed by atoms with Crippen LogP contribution in [0.2, 0.25) is 0 Å². The first kappa shape index (κ1) is 12.1. The van der Waals surface area contributed by atoms with Crippen molar-refractivity contribution >= 4 is 15.9 Å². The van der Waals surface area contributed by atoms with Crippen LogP contribution in [0.25, 0.3) is 0 Å². The van der Waals surface area contributed by atoms with E-state index in [1.165, 1.54) is 4.80 Å². The molecule has 0 aliphatic carbocycles. The van der Waals surface area contributed by atoms with Gasteiger partial charge in [-0.25, -0.2) is 0 Å². The summed E-state index contributed by atoms with van der Waals surface area (Å²) < 4.78 is 0.975. The Balaban J connectivity index is 2.20. The Labute approximate surface area is 108 Å². The minimum atomic E-state index is 0.0646. The number of hydrogen-bond acceptors (Lipinski definition) is 5. The molecule has 2 aromatic heterocycles. The van der Waals surface area contributed by atoms with Crippen LogP contribution in [-0.4, -0.2) is 32.2 Å². The molecule has 90 valence electrons. The molecule has 0 saturated heterocycles. The first-order valence-electron chi connectivity index (χ1n) is 5.21. The van der Waals surface area contributed by atoms with Crippen molar-refractivity contribution in [3.63, 3.8) is 0 Å². The normalized spacial score (nSPS) is 12.6. The van der Waals surface area contributed by atoms with Gasteiger partial charge in [0.2, 0.25) is 0 Å². The summed E-state index contributed by atoms with van der Waals surface area (Å²) in [5.74, 6) is 0.699. The molecule has 17 heavy (non-hydrogen) atoms. The SMILES string of the molecule is CNC(Cc1nnn(C)n1)c1ncccc1Br. The molecule has 0 aliphatic rings. The molecule has 0 bridgehead atoms. The molecule has 1 unspecified atom stereocenters. The number of nitrogens with zero attached hydrogens (tertiary/aromatic N) is 5. The average Bonchev–Trinajstić information content (AvgIpc) is 2.73. The highest BCUT2D eigenvalue weighted by molar-refractivity contribution is 9.10. The molecule has 0 saturated carbocycles. The number of hydrogen-bond donors (Lipinski definition) is 1. The fourth-order valence-electron chi connectivity index (χ4n) is 1.58. The van der Waals surface area contributed by atoms with Crippen LogP contribution in [0, 0.1) is 0 Å². The number of nitrogens with one attached hydrogen (secondary N) is 1. The lowest BCUT2D eigenvalue weighted by Crippen LogP contribution is -2.21. The van der Waals surface area contributed by atoms with Crippen LogP contribution in [-0.2, 0) is 13.5 Å². The van der Waals surface area contributed by atoms with Crippen molar-refractivity contribution in [1.82, 2.24) is 30.5 Å². The van der Waals surface area contributed by atoms with Crippen molar-refractivity contribution in [2.24, 2.45) is 7.05 Å². The van der Waals surface area contributed by atoms with Gasteiger partial charge in [-0.2, -0.15) is 4.80 Å². The summed E-state index contributed by atoms with van der Waals surface area (Å²) in [5.41, 5.74) is 0.947. The molecule has 1 N–H and O–H groups in total. The predicted octanol–water partition coefficient (Wildman–Crippen LogP) is 0.871. The lowest BCUT2D eigenvalue weighted by atomic mass is 10.1. The Bertz CT molecular complexity index is 497. The van der Waals surface area contributed by atoms with Crippen LogP contribution in [0.1, 0.15) is 17.6 Å². The maximum absolute atomic E-state index is 4.36. The molecule has 7 heteroatoms. The number of halogens is 1. The first-order valence-corrected chi connectivity index (χ1v) is 6.00. The van der Waals surface area contributed by atoms with Gasteiger partial charge in [-0.1, -0.05) is 0 Å². The van der Waals surface area contributed by atoms with Crippen LogP contribution in [0.3, 0.4) is 0 Å². The molecule has 2 rings (SSSR count). The van der Waals surface area contributed by atoms with E-state index < -0.39 is 0 Å². The van der Waals surface area contributed by atoms with E-state index >= 15 is 0 Å². The highest BCUT2D eigenvalue weighted by Gasteiger charge is 2.16. The third-order valence-corrected chi connectivity index (χ3v) is 3.07. The van der Waals surface area contributed by atoms with Gasteiger partial charge in [0.05, 0.1) is 18.8 Å². The standard InChI is InChI=1S/C10H13BrN6/c1-12-8(6-9-14-16-17(2)15-9)10-7(11)4-3-5-13-10/h3-5,8,12H,6H2,1-2H3. The number of tetrazole rings is 1. The van der Waals surface area contributed by atoms with Crippen molar-refractivity contribution < 1.29 is 0 Å². The molecule has 2 heterocycles. The van der Waals surface area contributed by atoms with Crippen molar-refractivity contribution in [1.29, 1.82) is 0 Å². The van der Waals surface area contributed by atoms with Crippen molar-refractivity contribution in [2.75, 3.05) is 7.05 Å². The van der Waals surface area contributed by atoms with Crippen LogP contribution in [0.15, 0.2) is 22.8 Å². The first-order chi connectivity index (χ1) is 8.20. The second kappa shape index (κ2) is 5.33. The summed E-state index contributed by atoms with van der Waals surface area (Å²) in [6.45, 7) is 0. The van der Waals surface area contributed by atoms with Crippen LogP contribution < -0.4 is 5.32 Å². The largest absolute Gasteiger partial charge is 0.311 e. The van der Waals surface area contributed by atoms with E-state index in [-0.39, 0.29) is 6.04 Å². The Morgan fingerprint density at radius 1 is 1.53 bits per heavy atom. The highest BCUT2D eigenvalue weighted by Crippen LogP contribution is 2.22. The molecule has 6 nitrogen and oxygen atoms in total. The molecule has 1 atom stereocenters. The molecular weight excluding hydrogens is 284 g/mol. The monoisotopic (exact) mass is 296 g/mol. The number of rotatable bonds is 4. The smallest absolute Gasteiger partial charge is 0.176 e. The summed E-state index contributed by atoms with van der Waals surface area (Å²) in [5, 5.41) is 15.2. The second-order valence-corrected chi connectivity index (χ2v) is 4.47. The van der Waals surface area contributed by atoms with Gasteiger partial charge in [-0.15, -0.1) is 10.2 Å². The lowest BCUT2D eigenvalue weighted by molar-refractivity contribution is 0.554.